The van der Waals surface area contributed by atoms with E-state index in [4.69, 9.17) is 5.73 Å². The number of hydrogen-bond donors (Lipinski definition) is 2. The van der Waals surface area contributed by atoms with Crippen molar-refractivity contribution < 1.29 is 8.42 Å². The lowest BCUT2D eigenvalue weighted by Crippen LogP contribution is -2.17. The van der Waals surface area contributed by atoms with Gasteiger partial charge in [0.25, 0.3) is 5.56 Å². The van der Waals surface area contributed by atoms with Crippen LogP contribution in [-0.4, -0.2) is 24.2 Å². The largest absolute Gasteiger partial charge is 0.399 e. The summed E-state index contributed by atoms with van der Waals surface area (Å²) in [5.41, 5.74) is 10.9. The van der Waals surface area contributed by atoms with Crippen LogP contribution in [0.25, 0.3) is 38.6 Å². The molecule has 0 amide bonds. The van der Waals surface area contributed by atoms with Crippen molar-refractivity contribution >= 4 is 43.2 Å². The monoisotopic (exact) mass is 456 g/mol. The molecule has 0 spiro atoms. The Bertz CT molecular complexity index is 1690. The van der Waals surface area contributed by atoms with Crippen LogP contribution >= 0.6 is 0 Å². The molecule has 0 saturated heterocycles. The molecule has 164 valence electrons. The first-order chi connectivity index (χ1) is 15.8. The quantitative estimate of drug-likeness (QED) is 0.312. The van der Waals surface area contributed by atoms with Gasteiger partial charge in [0.2, 0.25) is 10.0 Å². The van der Waals surface area contributed by atoms with Crippen LogP contribution in [0.4, 0.5) is 11.4 Å². The maximum atomic E-state index is 12.9. The van der Waals surface area contributed by atoms with Gasteiger partial charge >= 0.3 is 0 Å². The van der Waals surface area contributed by atoms with Crippen LogP contribution in [0, 0.1) is 0 Å². The molecule has 7 nitrogen and oxygen atoms in total. The van der Waals surface area contributed by atoms with Crippen LogP contribution in [0.3, 0.4) is 0 Å². The summed E-state index contributed by atoms with van der Waals surface area (Å²) in [7, 11) is -3.33. The average Bonchev–Trinajstić information content (AvgIpc) is 2.78. The highest BCUT2D eigenvalue weighted by atomic mass is 32.2. The van der Waals surface area contributed by atoms with E-state index in [1.54, 1.807) is 41.1 Å². The van der Waals surface area contributed by atoms with Crippen molar-refractivity contribution in [2.24, 2.45) is 0 Å². The fourth-order valence-electron chi connectivity index (χ4n) is 3.96. The zero-order valence-corrected chi connectivity index (χ0v) is 18.5. The fourth-order valence-corrected chi connectivity index (χ4v) is 4.52. The van der Waals surface area contributed by atoms with Crippen molar-refractivity contribution in [1.29, 1.82) is 0 Å². The summed E-state index contributed by atoms with van der Waals surface area (Å²) < 4.78 is 27.0. The number of aromatic nitrogens is 2. The number of rotatable bonds is 4. The van der Waals surface area contributed by atoms with E-state index in [-0.39, 0.29) is 5.56 Å². The van der Waals surface area contributed by atoms with Crippen LogP contribution in [0.2, 0.25) is 0 Å². The fraction of sp³-hybridized carbons (Fsp3) is 0.0400. The molecule has 0 fully saturated rings. The number of hydrogen-bond acceptors (Lipinski definition) is 5. The number of nitrogens with zero attached hydrogens (tertiary/aromatic N) is 2. The molecule has 0 aliphatic carbocycles. The van der Waals surface area contributed by atoms with Crippen LogP contribution in [0.15, 0.2) is 89.9 Å². The first-order valence-corrected chi connectivity index (χ1v) is 12.1. The number of sulfonamides is 1. The predicted octanol–water partition coefficient (Wildman–Crippen LogP) is 4.16. The molecule has 5 rings (SSSR count). The summed E-state index contributed by atoms with van der Waals surface area (Å²) in [5, 5.41) is 1.68. The van der Waals surface area contributed by atoms with Crippen LogP contribution < -0.4 is 16.0 Å². The van der Waals surface area contributed by atoms with E-state index in [1.165, 1.54) is 6.07 Å². The Morgan fingerprint density at radius 1 is 0.909 bits per heavy atom. The van der Waals surface area contributed by atoms with E-state index in [0.717, 1.165) is 39.2 Å². The second-order valence-electron chi connectivity index (χ2n) is 7.85. The zero-order valence-electron chi connectivity index (χ0n) is 17.7. The lowest BCUT2D eigenvalue weighted by molar-refractivity contribution is 0.607. The van der Waals surface area contributed by atoms with E-state index in [0.29, 0.717) is 17.1 Å². The summed E-state index contributed by atoms with van der Waals surface area (Å²) in [6, 6.07) is 23.5. The Morgan fingerprint density at radius 2 is 1.67 bits per heavy atom. The van der Waals surface area contributed by atoms with Crippen LogP contribution in [0.5, 0.6) is 0 Å². The Kier molecular flexibility index (Phi) is 4.87. The first-order valence-electron chi connectivity index (χ1n) is 10.2. The molecular formula is C25H20N4O3S. The van der Waals surface area contributed by atoms with Gasteiger partial charge in [-0.15, -0.1) is 0 Å². The van der Waals surface area contributed by atoms with E-state index in [9.17, 15) is 13.2 Å². The topological polar surface area (TPSA) is 107 Å². The Labute approximate surface area is 190 Å². The maximum absolute atomic E-state index is 12.9. The molecule has 3 N–H and O–H groups in total. The molecule has 2 heterocycles. The molecule has 2 aromatic heterocycles. The van der Waals surface area contributed by atoms with Gasteiger partial charge in [-0.1, -0.05) is 30.3 Å². The molecule has 0 radical (unpaired) electrons. The van der Waals surface area contributed by atoms with Gasteiger partial charge in [-0.25, -0.2) is 8.42 Å². The molecule has 0 unspecified atom stereocenters. The molecular weight excluding hydrogens is 436 g/mol. The number of benzene rings is 3. The summed E-state index contributed by atoms with van der Waals surface area (Å²) in [4.78, 5) is 17.5. The van der Waals surface area contributed by atoms with E-state index >= 15 is 0 Å². The van der Waals surface area contributed by atoms with Crippen molar-refractivity contribution in [3.8, 4) is 16.8 Å². The number of nitrogen functional groups attached to an aromatic ring is 1. The van der Waals surface area contributed by atoms with Gasteiger partial charge in [-0.05, 0) is 53.6 Å². The Balaban J connectivity index is 1.67. The SMILES string of the molecule is CS(=O)(=O)Nc1ccc(-c2ccc3c(c2)ncc2ccc(=O)n(-c4cccc(N)c4)c23)cc1. The highest BCUT2D eigenvalue weighted by Crippen LogP contribution is 2.29. The summed E-state index contributed by atoms with van der Waals surface area (Å²) in [6.45, 7) is 0. The molecule has 5 aromatic rings. The van der Waals surface area contributed by atoms with Gasteiger partial charge < -0.3 is 5.73 Å². The van der Waals surface area contributed by atoms with E-state index in [2.05, 4.69) is 9.71 Å². The number of nitrogens with one attached hydrogen (secondary N) is 1. The third kappa shape index (κ3) is 4.04. The summed E-state index contributed by atoms with van der Waals surface area (Å²) in [5.74, 6) is 0. The Hall–Kier alpha value is -4.17. The second kappa shape index (κ2) is 7.75. The van der Waals surface area contributed by atoms with Gasteiger partial charge in [-0.2, -0.15) is 0 Å². The standard InChI is InChI=1S/C25H20N4O3S/c1-33(31,32)28-20-9-5-16(6-10-20)17-7-11-22-23(13-17)27-15-18-8-12-24(30)29(25(18)22)21-4-2-3-19(26)14-21/h2-15,28H,26H2,1H3. The number of anilines is 2. The van der Waals surface area contributed by atoms with Crippen molar-refractivity contribution in [2.75, 3.05) is 16.7 Å². The first kappa shape index (κ1) is 20.7. The average molecular weight is 457 g/mol. The van der Waals surface area contributed by atoms with Gasteiger partial charge in [0.05, 0.1) is 23.0 Å². The van der Waals surface area contributed by atoms with Gasteiger partial charge in [0, 0.05) is 34.4 Å². The molecule has 0 atom stereocenters. The third-order valence-corrected chi connectivity index (χ3v) is 5.97. The van der Waals surface area contributed by atoms with E-state index < -0.39 is 10.0 Å². The summed E-state index contributed by atoms with van der Waals surface area (Å²) >= 11 is 0. The smallest absolute Gasteiger partial charge is 0.255 e. The highest BCUT2D eigenvalue weighted by molar-refractivity contribution is 7.92. The normalized spacial score (nSPS) is 11.7. The van der Waals surface area contributed by atoms with E-state index in [1.807, 2.05) is 42.5 Å². The zero-order chi connectivity index (χ0) is 23.2. The second-order valence-corrected chi connectivity index (χ2v) is 9.60. The van der Waals surface area contributed by atoms with Crippen molar-refractivity contribution in [3.05, 3.63) is 95.4 Å². The minimum atomic E-state index is -3.33. The number of fused-ring (bicyclic) bond motifs is 3. The molecule has 0 aliphatic rings. The van der Waals surface area contributed by atoms with Crippen molar-refractivity contribution in [3.63, 3.8) is 0 Å². The van der Waals surface area contributed by atoms with Crippen LogP contribution in [-0.2, 0) is 10.0 Å². The Morgan fingerprint density at radius 3 is 2.39 bits per heavy atom. The highest BCUT2D eigenvalue weighted by Gasteiger charge is 2.12. The van der Waals surface area contributed by atoms with Gasteiger partial charge in [0.15, 0.2) is 0 Å². The molecule has 3 aromatic carbocycles. The van der Waals surface area contributed by atoms with Crippen molar-refractivity contribution in [2.45, 2.75) is 0 Å². The molecule has 8 heteroatoms. The lowest BCUT2D eigenvalue weighted by Gasteiger charge is -2.13. The summed E-state index contributed by atoms with van der Waals surface area (Å²) in [6.07, 6.45) is 2.87. The lowest BCUT2D eigenvalue weighted by atomic mass is 10.0. The molecule has 0 bridgehead atoms. The number of nitrogens with two attached hydrogens (primary N) is 1. The minimum absolute atomic E-state index is 0.154. The molecule has 0 saturated carbocycles. The van der Waals surface area contributed by atoms with Crippen molar-refractivity contribution in [1.82, 2.24) is 9.55 Å². The van der Waals surface area contributed by atoms with Crippen LogP contribution in [0.1, 0.15) is 0 Å². The molecule has 0 aliphatic heterocycles. The van der Waals surface area contributed by atoms with Gasteiger partial charge in [-0.3, -0.25) is 19.1 Å². The van der Waals surface area contributed by atoms with Gasteiger partial charge in [0.1, 0.15) is 0 Å². The number of pyridine rings is 2. The third-order valence-electron chi connectivity index (χ3n) is 5.37. The molecule has 33 heavy (non-hydrogen) atoms. The minimum Gasteiger partial charge on any atom is -0.399 e. The predicted molar refractivity (Wildman–Crippen MR) is 133 cm³/mol. The maximum Gasteiger partial charge on any atom is 0.255 e.